The summed E-state index contributed by atoms with van der Waals surface area (Å²) in [6.07, 6.45) is -3.07. The molecule has 0 spiro atoms. The van der Waals surface area contributed by atoms with E-state index in [9.17, 15) is 22.8 Å². The summed E-state index contributed by atoms with van der Waals surface area (Å²) >= 11 is 0. The van der Waals surface area contributed by atoms with Crippen LogP contribution >= 0.6 is 0 Å². The number of para-hydroxylation sites is 1. The van der Waals surface area contributed by atoms with Crippen molar-refractivity contribution in [2.75, 3.05) is 5.32 Å². The molecule has 2 aromatic carbocycles. The van der Waals surface area contributed by atoms with E-state index in [1.807, 2.05) is 0 Å². The zero-order chi connectivity index (χ0) is 18.7. The minimum absolute atomic E-state index is 0.0129. The number of carbonyl (C=O) groups excluding carboxylic acids is 1. The summed E-state index contributed by atoms with van der Waals surface area (Å²) in [6.45, 7) is 0.114. The van der Waals surface area contributed by atoms with Crippen molar-refractivity contribution in [3.63, 3.8) is 0 Å². The number of aryl methyl sites for hydroxylation is 1. The third-order valence-corrected chi connectivity index (χ3v) is 3.81. The van der Waals surface area contributed by atoms with Crippen LogP contribution in [0.2, 0.25) is 0 Å². The van der Waals surface area contributed by atoms with E-state index in [-0.39, 0.29) is 24.2 Å². The highest BCUT2D eigenvalue weighted by Gasteiger charge is 2.29. The Morgan fingerprint density at radius 1 is 1.08 bits per heavy atom. The summed E-state index contributed by atoms with van der Waals surface area (Å²) in [5, 5.41) is 2.96. The van der Waals surface area contributed by atoms with Gasteiger partial charge in [-0.2, -0.15) is 13.2 Å². The van der Waals surface area contributed by atoms with Crippen molar-refractivity contribution in [1.82, 2.24) is 9.55 Å². The van der Waals surface area contributed by atoms with Crippen LogP contribution in [0.15, 0.2) is 59.7 Å². The van der Waals surface area contributed by atoms with E-state index in [4.69, 9.17) is 0 Å². The van der Waals surface area contributed by atoms with Crippen LogP contribution < -0.4 is 10.9 Å². The van der Waals surface area contributed by atoms with Crippen LogP contribution in [0.3, 0.4) is 0 Å². The van der Waals surface area contributed by atoms with Gasteiger partial charge in [0.2, 0.25) is 5.91 Å². The summed E-state index contributed by atoms with van der Waals surface area (Å²) < 4.78 is 38.9. The number of rotatable bonds is 4. The molecule has 0 radical (unpaired) electrons. The van der Waals surface area contributed by atoms with E-state index in [1.54, 1.807) is 24.3 Å². The Morgan fingerprint density at radius 3 is 2.46 bits per heavy atom. The monoisotopic (exact) mass is 361 g/mol. The highest BCUT2D eigenvalue weighted by molar-refractivity contribution is 5.90. The number of aromatic nitrogens is 2. The maximum atomic E-state index is 12.5. The Labute approximate surface area is 146 Å². The van der Waals surface area contributed by atoms with Gasteiger partial charge >= 0.3 is 6.18 Å². The molecule has 0 fully saturated rings. The lowest BCUT2D eigenvalue weighted by molar-refractivity contribution is -0.137. The number of halogens is 3. The van der Waals surface area contributed by atoms with Gasteiger partial charge in [-0.3, -0.25) is 14.2 Å². The molecule has 0 atom stereocenters. The largest absolute Gasteiger partial charge is 0.416 e. The molecule has 0 aliphatic carbocycles. The zero-order valence-electron chi connectivity index (χ0n) is 13.5. The molecule has 0 saturated heterocycles. The number of fused-ring (bicyclic) bond motifs is 1. The highest BCUT2D eigenvalue weighted by atomic mass is 19.4. The van der Waals surface area contributed by atoms with Crippen molar-refractivity contribution in [3.8, 4) is 0 Å². The van der Waals surface area contributed by atoms with Gasteiger partial charge in [0.15, 0.2) is 0 Å². The minimum Gasteiger partial charge on any atom is -0.326 e. The first kappa shape index (κ1) is 17.7. The molecule has 8 heteroatoms. The molecule has 1 heterocycles. The van der Waals surface area contributed by atoms with E-state index in [1.165, 1.54) is 23.0 Å². The molecule has 26 heavy (non-hydrogen) atoms. The molecule has 0 aliphatic heterocycles. The third kappa shape index (κ3) is 3.90. The normalized spacial score (nSPS) is 11.5. The van der Waals surface area contributed by atoms with Crippen molar-refractivity contribution in [1.29, 1.82) is 0 Å². The van der Waals surface area contributed by atoms with Gasteiger partial charge in [0.25, 0.3) is 5.56 Å². The van der Waals surface area contributed by atoms with E-state index in [2.05, 4.69) is 10.3 Å². The maximum absolute atomic E-state index is 12.5. The lowest BCUT2D eigenvalue weighted by Gasteiger charge is -2.09. The highest BCUT2D eigenvalue weighted by Crippen LogP contribution is 2.29. The quantitative estimate of drug-likeness (QED) is 0.774. The van der Waals surface area contributed by atoms with Gasteiger partial charge < -0.3 is 5.32 Å². The van der Waals surface area contributed by atoms with Crippen LogP contribution in [-0.2, 0) is 17.5 Å². The van der Waals surface area contributed by atoms with Crippen molar-refractivity contribution >= 4 is 22.5 Å². The van der Waals surface area contributed by atoms with Gasteiger partial charge in [0.05, 0.1) is 22.8 Å². The van der Waals surface area contributed by atoms with Crippen LogP contribution in [-0.4, -0.2) is 15.5 Å². The van der Waals surface area contributed by atoms with Crippen LogP contribution in [0.25, 0.3) is 10.9 Å². The van der Waals surface area contributed by atoms with Crippen molar-refractivity contribution in [2.45, 2.75) is 19.1 Å². The predicted octanol–water partition coefficient (Wildman–Crippen LogP) is 3.44. The van der Waals surface area contributed by atoms with Gasteiger partial charge in [0.1, 0.15) is 0 Å². The molecule has 5 nitrogen and oxygen atoms in total. The predicted molar refractivity (Wildman–Crippen MR) is 90.7 cm³/mol. The summed E-state index contributed by atoms with van der Waals surface area (Å²) in [5.74, 6) is -0.412. The summed E-state index contributed by atoms with van der Waals surface area (Å²) in [5.41, 5.74) is -0.211. The lowest BCUT2D eigenvalue weighted by atomic mass is 10.2. The first-order valence-electron chi connectivity index (χ1n) is 7.76. The molecule has 3 aromatic rings. The van der Waals surface area contributed by atoms with Crippen molar-refractivity contribution < 1.29 is 18.0 Å². The third-order valence-electron chi connectivity index (χ3n) is 3.81. The van der Waals surface area contributed by atoms with Gasteiger partial charge in [-0.1, -0.05) is 12.1 Å². The van der Waals surface area contributed by atoms with Crippen LogP contribution in [0.1, 0.15) is 12.0 Å². The van der Waals surface area contributed by atoms with Crippen molar-refractivity contribution in [2.24, 2.45) is 0 Å². The number of hydrogen-bond acceptors (Lipinski definition) is 3. The minimum atomic E-state index is -4.42. The van der Waals surface area contributed by atoms with E-state index < -0.39 is 17.6 Å². The Kier molecular flexibility index (Phi) is 4.75. The molecule has 0 saturated carbocycles. The number of nitrogens with one attached hydrogen (secondary N) is 1. The fourth-order valence-electron chi connectivity index (χ4n) is 2.45. The molecule has 1 amide bonds. The fourth-order valence-corrected chi connectivity index (χ4v) is 2.45. The van der Waals surface area contributed by atoms with Gasteiger partial charge in [-0.05, 0) is 36.4 Å². The molecule has 1 N–H and O–H groups in total. The second-order valence-electron chi connectivity index (χ2n) is 5.63. The van der Waals surface area contributed by atoms with E-state index >= 15 is 0 Å². The number of amides is 1. The number of carbonyl (C=O) groups is 1. The van der Waals surface area contributed by atoms with E-state index in [0.717, 1.165) is 12.1 Å². The lowest BCUT2D eigenvalue weighted by Crippen LogP contribution is -2.23. The molecule has 134 valence electrons. The van der Waals surface area contributed by atoms with Gasteiger partial charge in [0, 0.05) is 18.7 Å². The SMILES string of the molecule is O=C(CCn1cnc2ccccc2c1=O)Nc1ccc(C(F)(F)F)cc1. The molecule has 0 bridgehead atoms. The molecule has 1 aromatic heterocycles. The second kappa shape index (κ2) is 6.99. The van der Waals surface area contributed by atoms with Gasteiger partial charge in [-0.15, -0.1) is 0 Å². The number of anilines is 1. The topological polar surface area (TPSA) is 64.0 Å². The second-order valence-corrected chi connectivity index (χ2v) is 5.63. The summed E-state index contributed by atoms with van der Waals surface area (Å²) in [6, 6.07) is 11.0. The Balaban J connectivity index is 1.64. The first-order valence-corrected chi connectivity index (χ1v) is 7.76. The van der Waals surface area contributed by atoms with Crippen molar-refractivity contribution in [3.05, 3.63) is 70.8 Å². The average Bonchev–Trinajstić information content (AvgIpc) is 2.61. The molecular formula is C18H14F3N3O2. The molecule has 0 aliphatic rings. The smallest absolute Gasteiger partial charge is 0.326 e. The van der Waals surface area contributed by atoms with Crippen LogP contribution in [0, 0.1) is 0 Å². The van der Waals surface area contributed by atoms with Crippen LogP contribution in [0.5, 0.6) is 0 Å². The summed E-state index contributed by atoms with van der Waals surface area (Å²) in [4.78, 5) is 28.5. The number of hydrogen-bond donors (Lipinski definition) is 1. The van der Waals surface area contributed by atoms with Crippen LogP contribution in [0.4, 0.5) is 18.9 Å². The summed E-state index contributed by atoms with van der Waals surface area (Å²) in [7, 11) is 0. The standard InChI is InChI=1S/C18H14F3N3O2/c19-18(20,21)12-5-7-13(8-6-12)23-16(25)9-10-24-11-22-15-4-2-1-3-14(15)17(24)26/h1-8,11H,9-10H2,(H,23,25). The first-order chi connectivity index (χ1) is 12.3. The maximum Gasteiger partial charge on any atom is 0.416 e. The number of benzene rings is 2. The Hall–Kier alpha value is -3.16. The molecule has 3 rings (SSSR count). The Morgan fingerprint density at radius 2 is 1.77 bits per heavy atom. The Bertz CT molecular complexity index is 995. The number of nitrogens with zero attached hydrogens (tertiary/aromatic N) is 2. The number of alkyl halides is 3. The average molecular weight is 361 g/mol. The van der Waals surface area contributed by atoms with E-state index in [0.29, 0.717) is 10.9 Å². The zero-order valence-corrected chi connectivity index (χ0v) is 13.5. The molecular weight excluding hydrogens is 347 g/mol. The molecule has 0 unspecified atom stereocenters. The fraction of sp³-hybridized carbons (Fsp3) is 0.167. The van der Waals surface area contributed by atoms with Gasteiger partial charge in [-0.25, -0.2) is 4.98 Å².